The van der Waals surface area contributed by atoms with Gasteiger partial charge in [-0.3, -0.25) is 14.2 Å². The summed E-state index contributed by atoms with van der Waals surface area (Å²) >= 11 is 0. The number of rotatable bonds is 8. The summed E-state index contributed by atoms with van der Waals surface area (Å²) in [6, 6.07) is 17.7. The van der Waals surface area contributed by atoms with Gasteiger partial charge in [-0.15, -0.1) is 0 Å². The highest BCUT2D eigenvalue weighted by Crippen LogP contribution is 2.18. The first-order valence-electron chi connectivity index (χ1n) is 10.6. The van der Waals surface area contributed by atoms with E-state index in [4.69, 9.17) is 0 Å². The summed E-state index contributed by atoms with van der Waals surface area (Å²) < 4.78 is 1.38. The molecule has 0 bridgehead atoms. The molecule has 3 rings (SSSR count). The zero-order valence-corrected chi connectivity index (χ0v) is 18.6. The molecule has 1 amide bonds. The van der Waals surface area contributed by atoms with Crippen molar-refractivity contribution in [3.05, 3.63) is 87.3 Å². The molecule has 0 aliphatic heterocycles. The van der Waals surface area contributed by atoms with E-state index in [1.165, 1.54) is 16.2 Å². The summed E-state index contributed by atoms with van der Waals surface area (Å²) in [7, 11) is 0. The average Bonchev–Trinajstić information content (AvgIpc) is 2.69. The normalized spacial score (nSPS) is 11.7. The van der Waals surface area contributed by atoms with Crippen LogP contribution in [0.1, 0.15) is 35.7 Å². The van der Waals surface area contributed by atoms with Crippen molar-refractivity contribution in [2.45, 2.75) is 53.1 Å². The number of benzene rings is 2. The topological polar surface area (TPSA) is 76.0 Å². The molecule has 0 saturated carbocycles. The van der Waals surface area contributed by atoms with Crippen molar-refractivity contribution in [1.82, 2.24) is 14.9 Å². The Kier molecular flexibility index (Phi) is 7.23. The van der Waals surface area contributed by atoms with Gasteiger partial charge in [0.05, 0.1) is 0 Å². The molecular formula is C25H30N4O2. The fourth-order valence-corrected chi connectivity index (χ4v) is 3.61. The second kappa shape index (κ2) is 10.1. The Balaban J connectivity index is 1.70. The summed E-state index contributed by atoms with van der Waals surface area (Å²) in [4.78, 5) is 29.7. The summed E-state index contributed by atoms with van der Waals surface area (Å²) in [6.45, 7) is 7.68. The number of carbonyl (C=O) groups is 1. The maximum Gasteiger partial charge on any atom is 0.255 e. The standard InChI is InChI=1S/C25H30N4O2/c1-17-12-18(2)14-22(13-17)28-25-27-20(4)15-24(31)29(25)16-23(30)26-19(3)10-11-21-8-6-5-7-9-21/h5-9,12-15,19H,10-11,16H2,1-4H3,(H,26,30)(H,27,28). The predicted molar refractivity (Wildman–Crippen MR) is 125 cm³/mol. The van der Waals surface area contributed by atoms with Crippen LogP contribution in [-0.4, -0.2) is 21.5 Å². The highest BCUT2D eigenvalue weighted by atomic mass is 16.2. The van der Waals surface area contributed by atoms with E-state index in [0.29, 0.717) is 11.6 Å². The summed E-state index contributed by atoms with van der Waals surface area (Å²) in [6.07, 6.45) is 1.71. The van der Waals surface area contributed by atoms with Gasteiger partial charge in [0, 0.05) is 23.5 Å². The van der Waals surface area contributed by atoms with Crippen LogP contribution in [0.3, 0.4) is 0 Å². The van der Waals surface area contributed by atoms with Gasteiger partial charge < -0.3 is 10.6 Å². The smallest absolute Gasteiger partial charge is 0.255 e. The Morgan fingerprint density at radius 1 is 1.03 bits per heavy atom. The number of anilines is 2. The SMILES string of the molecule is Cc1cc(C)cc(Nc2nc(C)cc(=O)n2CC(=O)NC(C)CCc2ccccc2)c1. The molecule has 1 aromatic heterocycles. The van der Waals surface area contributed by atoms with E-state index < -0.39 is 0 Å². The monoisotopic (exact) mass is 418 g/mol. The quantitative estimate of drug-likeness (QED) is 0.579. The number of amides is 1. The summed E-state index contributed by atoms with van der Waals surface area (Å²) in [5.74, 6) is 0.152. The Hall–Kier alpha value is -3.41. The van der Waals surface area contributed by atoms with Gasteiger partial charge in [0.25, 0.3) is 5.56 Å². The van der Waals surface area contributed by atoms with Gasteiger partial charge in [-0.2, -0.15) is 0 Å². The van der Waals surface area contributed by atoms with Crippen LogP contribution >= 0.6 is 0 Å². The number of aromatic nitrogens is 2. The Bertz CT molecular complexity index is 1090. The highest BCUT2D eigenvalue weighted by Gasteiger charge is 2.14. The van der Waals surface area contributed by atoms with Gasteiger partial charge in [0.1, 0.15) is 6.54 Å². The molecule has 0 aliphatic carbocycles. The molecule has 6 heteroatoms. The van der Waals surface area contributed by atoms with E-state index in [1.54, 1.807) is 6.92 Å². The number of aryl methyl sites for hydroxylation is 4. The second-order valence-corrected chi connectivity index (χ2v) is 8.14. The molecule has 0 saturated heterocycles. The van der Waals surface area contributed by atoms with Gasteiger partial charge in [-0.25, -0.2) is 4.98 Å². The van der Waals surface area contributed by atoms with Gasteiger partial charge in [0.2, 0.25) is 11.9 Å². The Morgan fingerprint density at radius 3 is 2.39 bits per heavy atom. The summed E-state index contributed by atoms with van der Waals surface area (Å²) in [5.41, 5.74) is 4.63. The largest absolute Gasteiger partial charge is 0.352 e. The number of nitrogens with one attached hydrogen (secondary N) is 2. The molecule has 162 valence electrons. The average molecular weight is 419 g/mol. The van der Waals surface area contributed by atoms with Gasteiger partial charge >= 0.3 is 0 Å². The molecule has 2 N–H and O–H groups in total. The lowest BCUT2D eigenvalue weighted by Crippen LogP contribution is -2.38. The van der Waals surface area contributed by atoms with Crippen molar-refractivity contribution in [2.75, 3.05) is 5.32 Å². The minimum atomic E-state index is -0.258. The number of carbonyl (C=O) groups excluding carboxylic acids is 1. The van der Waals surface area contributed by atoms with Crippen molar-refractivity contribution in [2.24, 2.45) is 0 Å². The van der Waals surface area contributed by atoms with E-state index in [0.717, 1.165) is 29.7 Å². The van der Waals surface area contributed by atoms with Crippen LogP contribution in [0, 0.1) is 20.8 Å². The zero-order chi connectivity index (χ0) is 22.4. The Morgan fingerprint density at radius 2 is 1.71 bits per heavy atom. The van der Waals surface area contributed by atoms with E-state index in [2.05, 4.69) is 33.8 Å². The third-order valence-electron chi connectivity index (χ3n) is 5.03. The van der Waals surface area contributed by atoms with Crippen molar-refractivity contribution in [1.29, 1.82) is 0 Å². The third kappa shape index (κ3) is 6.54. The van der Waals surface area contributed by atoms with Crippen molar-refractivity contribution >= 4 is 17.5 Å². The van der Waals surface area contributed by atoms with Crippen LogP contribution in [0.25, 0.3) is 0 Å². The second-order valence-electron chi connectivity index (χ2n) is 8.14. The lowest BCUT2D eigenvalue weighted by Gasteiger charge is -2.17. The molecule has 1 unspecified atom stereocenters. The number of nitrogens with zero attached hydrogens (tertiary/aromatic N) is 2. The van der Waals surface area contributed by atoms with Crippen LogP contribution in [0.2, 0.25) is 0 Å². The van der Waals surface area contributed by atoms with E-state index in [9.17, 15) is 9.59 Å². The van der Waals surface area contributed by atoms with Crippen LogP contribution in [-0.2, 0) is 17.8 Å². The molecule has 0 fully saturated rings. The van der Waals surface area contributed by atoms with Crippen LogP contribution in [0.4, 0.5) is 11.6 Å². The fourth-order valence-electron chi connectivity index (χ4n) is 3.61. The minimum Gasteiger partial charge on any atom is -0.352 e. The molecule has 0 spiro atoms. The first-order valence-corrected chi connectivity index (χ1v) is 10.6. The van der Waals surface area contributed by atoms with Crippen molar-refractivity contribution in [3.63, 3.8) is 0 Å². The first-order chi connectivity index (χ1) is 14.8. The lowest BCUT2D eigenvalue weighted by molar-refractivity contribution is -0.122. The number of hydrogen-bond acceptors (Lipinski definition) is 4. The van der Waals surface area contributed by atoms with Crippen LogP contribution in [0.5, 0.6) is 0 Å². The number of hydrogen-bond donors (Lipinski definition) is 2. The van der Waals surface area contributed by atoms with E-state index >= 15 is 0 Å². The molecule has 3 aromatic rings. The molecule has 0 radical (unpaired) electrons. The summed E-state index contributed by atoms with van der Waals surface area (Å²) in [5, 5.41) is 6.21. The fraction of sp³-hybridized carbons (Fsp3) is 0.320. The van der Waals surface area contributed by atoms with Gasteiger partial charge in [-0.1, -0.05) is 36.4 Å². The van der Waals surface area contributed by atoms with E-state index in [1.807, 2.05) is 51.1 Å². The van der Waals surface area contributed by atoms with E-state index in [-0.39, 0.29) is 24.1 Å². The minimum absolute atomic E-state index is 0.00218. The Labute approximate surface area is 183 Å². The van der Waals surface area contributed by atoms with Crippen molar-refractivity contribution in [3.8, 4) is 0 Å². The molecule has 31 heavy (non-hydrogen) atoms. The molecule has 1 atom stereocenters. The highest BCUT2D eigenvalue weighted by molar-refractivity contribution is 5.76. The zero-order valence-electron chi connectivity index (χ0n) is 18.6. The first kappa shape index (κ1) is 22.3. The van der Waals surface area contributed by atoms with Crippen LogP contribution < -0.4 is 16.2 Å². The molecule has 0 aliphatic rings. The van der Waals surface area contributed by atoms with Gasteiger partial charge in [-0.05, 0) is 69.4 Å². The molecular weight excluding hydrogens is 388 g/mol. The van der Waals surface area contributed by atoms with Crippen LogP contribution in [0.15, 0.2) is 59.4 Å². The predicted octanol–water partition coefficient (Wildman–Crippen LogP) is 4.05. The van der Waals surface area contributed by atoms with Gasteiger partial charge in [0.15, 0.2) is 0 Å². The molecule has 2 aromatic carbocycles. The maximum absolute atomic E-state index is 12.7. The molecule has 1 heterocycles. The maximum atomic E-state index is 12.7. The molecule has 6 nitrogen and oxygen atoms in total. The van der Waals surface area contributed by atoms with Crippen molar-refractivity contribution < 1.29 is 4.79 Å². The lowest BCUT2D eigenvalue weighted by atomic mass is 10.1. The third-order valence-corrected chi connectivity index (χ3v) is 5.03.